The van der Waals surface area contributed by atoms with Gasteiger partial charge in [-0.3, -0.25) is 0 Å². The Balaban J connectivity index is 1.61. The van der Waals surface area contributed by atoms with E-state index in [1.807, 2.05) is 51.1 Å². The first-order chi connectivity index (χ1) is 14.9. The molecule has 2 unspecified atom stereocenters. The summed E-state index contributed by atoms with van der Waals surface area (Å²) in [5.41, 5.74) is -0.232. The standard InChI is InChI=1S/C26H27O4S/c1-26(2,3)30-20-11-15-23(16-12-20)31(21-7-5-4-6-8-21)22-13-9-19(10-14-22)29-24-17-18-28-25(24)27/h4-16,24H,17-18H2,1-3H3/q+1. The van der Waals surface area contributed by atoms with Crippen LogP contribution in [-0.4, -0.2) is 24.3 Å². The molecule has 31 heavy (non-hydrogen) atoms. The van der Waals surface area contributed by atoms with E-state index >= 15 is 0 Å². The average molecular weight is 436 g/mol. The summed E-state index contributed by atoms with van der Waals surface area (Å²) in [6.07, 6.45) is 0.0893. The Labute approximate surface area is 186 Å². The van der Waals surface area contributed by atoms with E-state index in [4.69, 9.17) is 14.2 Å². The van der Waals surface area contributed by atoms with Crippen molar-refractivity contribution in [2.75, 3.05) is 6.61 Å². The molecule has 0 bridgehead atoms. The molecule has 5 heteroatoms. The third-order valence-corrected chi connectivity index (χ3v) is 6.92. The second-order valence-corrected chi connectivity index (χ2v) is 10.4. The maximum atomic E-state index is 11.7. The minimum atomic E-state index is -0.506. The molecule has 2 atom stereocenters. The van der Waals surface area contributed by atoms with Crippen molar-refractivity contribution >= 4 is 16.9 Å². The zero-order valence-corrected chi connectivity index (χ0v) is 18.9. The molecule has 1 fully saturated rings. The number of hydrogen-bond acceptors (Lipinski definition) is 4. The normalized spacial score (nSPS) is 17.1. The molecule has 3 aromatic carbocycles. The number of rotatable bonds is 6. The summed E-state index contributed by atoms with van der Waals surface area (Å²) in [6.45, 7) is 6.56. The van der Waals surface area contributed by atoms with Crippen LogP contribution in [-0.2, 0) is 20.4 Å². The van der Waals surface area contributed by atoms with Crippen LogP contribution in [0.25, 0.3) is 0 Å². The molecule has 1 saturated heterocycles. The predicted molar refractivity (Wildman–Crippen MR) is 122 cm³/mol. The lowest BCUT2D eigenvalue weighted by atomic mass is 10.2. The van der Waals surface area contributed by atoms with E-state index in [0.29, 0.717) is 18.8 Å². The monoisotopic (exact) mass is 435 g/mol. The zero-order chi connectivity index (χ0) is 21.8. The number of esters is 1. The van der Waals surface area contributed by atoms with E-state index in [-0.39, 0.29) is 22.5 Å². The molecule has 0 amide bonds. The highest BCUT2D eigenvalue weighted by atomic mass is 32.2. The first-order valence-electron chi connectivity index (χ1n) is 10.4. The Morgan fingerprint density at radius 1 is 0.806 bits per heavy atom. The van der Waals surface area contributed by atoms with Crippen molar-refractivity contribution in [1.29, 1.82) is 0 Å². The van der Waals surface area contributed by atoms with Crippen LogP contribution in [0.15, 0.2) is 93.5 Å². The van der Waals surface area contributed by atoms with E-state index < -0.39 is 6.10 Å². The number of carbonyl (C=O) groups is 1. The molecule has 4 rings (SSSR count). The summed E-state index contributed by atoms with van der Waals surface area (Å²) >= 11 is 0. The van der Waals surface area contributed by atoms with Gasteiger partial charge in [0.1, 0.15) is 17.1 Å². The topological polar surface area (TPSA) is 44.8 Å². The third-order valence-electron chi connectivity index (χ3n) is 4.69. The molecule has 4 nitrogen and oxygen atoms in total. The highest BCUT2D eigenvalue weighted by molar-refractivity contribution is 7.97. The fourth-order valence-electron chi connectivity index (χ4n) is 3.37. The van der Waals surface area contributed by atoms with Crippen molar-refractivity contribution in [3.8, 4) is 11.5 Å². The Morgan fingerprint density at radius 3 is 1.87 bits per heavy atom. The average Bonchev–Trinajstić information content (AvgIpc) is 3.15. The molecule has 160 valence electrons. The van der Waals surface area contributed by atoms with Crippen molar-refractivity contribution in [3.63, 3.8) is 0 Å². The van der Waals surface area contributed by atoms with E-state index in [1.54, 1.807) is 0 Å². The molecule has 1 aliphatic heterocycles. The summed E-state index contributed by atoms with van der Waals surface area (Å²) in [4.78, 5) is 15.3. The first kappa shape index (κ1) is 21.3. The van der Waals surface area contributed by atoms with Gasteiger partial charge in [-0.25, -0.2) is 4.79 Å². The van der Waals surface area contributed by atoms with E-state index in [1.165, 1.54) is 14.7 Å². The molecule has 0 radical (unpaired) electrons. The molecule has 0 aliphatic carbocycles. The SMILES string of the molecule is CC(C)(C)Oc1ccc([S+](c2ccccc2)c2ccc(OC3CCOC3=O)cc2)cc1. The highest BCUT2D eigenvalue weighted by Crippen LogP contribution is 2.33. The van der Waals surface area contributed by atoms with Crippen LogP contribution in [0.1, 0.15) is 27.2 Å². The van der Waals surface area contributed by atoms with Gasteiger partial charge in [0.15, 0.2) is 20.8 Å². The van der Waals surface area contributed by atoms with Crippen LogP contribution in [0.3, 0.4) is 0 Å². The lowest BCUT2D eigenvalue weighted by Crippen LogP contribution is -2.22. The van der Waals surface area contributed by atoms with Crippen LogP contribution >= 0.6 is 0 Å². The number of carbonyl (C=O) groups excluding carboxylic acids is 1. The second-order valence-electron chi connectivity index (χ2n) is 8.34. The van der Waals surface area contributed by atoms with Crippen molar-refractivity contribution < 1.29 is 19.0 Å². The fourth-order valence-corrected chi connectivity index (χ4v) is 5.43. The maximum absolute atomic E-state index is 11.7. The van der Waals surface area contributed by atoms with Gasteiger partial charge >= 0.3 is 5.97 Å². The summed E-state index contributed by atoms with van der Waals surface area (Å²) in [5, 5.41) is 0. The van der Waals surface area contributed by atoms with Crippen molar-refractivity contribution in [3.05, 3.63) is 78.9 Å². The molecule has 1 aliphatic rings. The summed E-state index contributed by atoms with van der Waals surface area (Å²) in [6, 6.07) is 26.8. The van der Waals surface area contributed by atoms with Crippen molar-refractivity contribution in [1.82, 2.24) is 0 Å². The number of hydrogen-bond donors (Lipinski definition) is 0. The fraction of sp³-hybridized carbons (Fsp3) is 0.269. The lowest BCUT2D eigenvalue weighted by molar-refractivity contribution is -0.143. The van der Waals surface area contributed by atoms with Crippen LogP contribution in [0.5, 0.6) is 11.5 Å². The van der Waals surface area contributed by atoms with Crippen LogP contribution < -0.4 is 9.47 Å². The van der Waals surface area contributed by atoms with Crippen LogP contribution in [0, 0.1) is 0 Å². The number of cyclic esters (lactones) is 1. The predicted octanol–water partition coefficient (Wildman–Crippen LogP) is 5.65. The van der Waals surface area contributed by atoms with E-state index in [9.17, 15) is 4.79 Å². The second kappa shape index (κ2) is 9.06. The molecular formula is C26H27O4S+. The molecule has 3 aromatic rings. The van der Waals surface area contributed by atoms with Gasteiger partial charge in [-0.2, -0.15) is 0 Å². The third kappa shape index (κ3) is 5.42. The highest BCUT2D eigenvalue weighted by Gasteiger charge is 2.30. The number of ether oxygens (including phenoxy) is 3. The number of benzene rings is 3. The molecule has 0 saturated carbocycles. The first-order valence-corrected chi connectivity index (χ1v) is 11.6. The van der Waals surface area contributed by atoms with Gasteiger partial charge in [-0.15, -0.1) is 0 Å². The Morgan fingerprint density at radius 2 is 1.35 bits per heavy atom. The Kier molecular flexibility index (Phi) is 6.23. The van der Waals surface area contributed by atoms with Crippen molar-refractivity contribution in [2.45, 2.75) is 53.6 Å². The zero-order valence-electron chi connectivity index (χ0n) is 18.0. The molecule has 0 aromatic heterocycles. The Hall–Kier alpha value is -2.92. The van der Waals surface area contributed by atoms with E-state index in [0.717, 1.165) is 5.75 Å². The minimum Gasteiger partial charge on any atom is -0.488 e. The van der Waals surface area contributed by atoms with Gasteiger partial charge in [0.2, 0.25) is 0 Å². The molecular weight excluding hydrogens is 408 g/mol. The smallest absolute Gasteiger partial charge is 0.347 e. The van der Waals surface area contributed by atoms with Crippen molar-refractivity contribution in [2.24, 2.45) is 0 Å². The maximum Gasteiger partial charge on any atom is 0.347 e. The van der Waals surface area contributed by atoms with Gasteiger partial charge in [-0.1, -0.05) is 18.2 Å². The van der Waals surface area contributed by atoms with Gasteiger partial charge in [0, 0.05) is 6.42 Å². The minimum absolute atomic E-state index is 0.232. The van der Waals surface area contributed by atoms with E-state index in [2.05, 4.69) is 48.5 Å². The largest absolute Gasteiger partial charge is 0.488 e. The van der Waals surface area contributed by atoms with Crippen LogP contribution in [0.2, 0.25) is 0 Å². The molecule has 0 spiro atoms. The van der Waals surface area contributed by atoms with Gasteiger partial charge in [0.25, 0.3) is 0 Å². The summed E-state index contributed by atoms with van der Waals surface area (Å²) < 4.78 is 16.8. The Bertz CT molecular complexity index is 1010. The summed E-state index contributed by atoms with van der Waals surface area (Å²) in [7, 11) is -0.268. The lowest BCUT2D eigenvalue weighted by Gasteiger charge is -2.21. The quantitative estimate of drug-likeness (QED) is 0.371. The summed E-state index contributed by atoms with van der Waals surface area (Å²) in [5.74, 6) is 1.25. The van der Waals surface area contributed by atoms with Gasteiger partial charge in [0.05, 0.1) is 17.5 Å². The van der Waals surface area contributed by atoms with Gasteiger partial charge < -0.3 is 14.2 Å². The molecule has 0 N–H and O–H groups in total. The van der Waals surface area contributed by atoms with Crippen LogP contribution in [0.4, 0.5) is 0 Å². The van der Waals surface area contributed by atoms with Gasteiger partial charge in [-0.05, 0) is 81.4 Å². The molecule has 1 heterocycles.